The third kappa shape index (κ3) is 6.55. The number of hydrogen-bond donors (Lipinski definition) is 0. The number of hydrogen-bond acceptors (Lipinski definition) is 4. The van der Waals surface area contributed by atoms with Crippen LogP contribution in [0.3, 0.4) is 0 Å². The van der Waals surface area contributed by atoms with Crippen molar-refractivity contribution in [3.8, 4) is 11.5 Å². The van der Waals surface area contributed by atoms with Crippen molar-refractivity contribution in [1.82, 2.24) is 9.80 Å². The van der Waals surface area contributed by atoms with Crippen LogP contribution in [-0.4, -0.2) is 55.5 Å². The quantitative estimate of drug-likeness (QED) is 0.381. The van der Waals surface area contributed by atoms with Gasteiger partial charge in [-0.05, 0) is 41.3 Å². The molecule has 5 heteroatoms. The average Bonchev–Trinajstić information content (AvgIpc) is 2.92. The molecule has 1 aliphatic heterocycles. The fourth-order valence-electron chi connectivity index (χ4n) is 4.49. The van der Waals surface area contributed by atoms with Gasteiger partial charge in [0.1, 0.15) is 18.1 Å². The van der Waals surface area contributed by atoms with Crippen molar-refractivity contribution in [2.45, 2.75) is 26.4 Å². The SMILES string of the molecule is COc1ccc(C(=O)N2CCN(C/C=C/c3ccccc3)CC2)cc1COc1ccccc1C(C)C. The van der Waals surface area contributed by atoms with Crippen LogP contribution in [0.5, 0.6) is 11.5 Å². The van der Waals surface area contributed by atoms with Gasteiger partial charge in [0.25, 0.3) is 5.91 Å². The van der Waals surface area contributed by atoms with Crippen LogP contribution < -0.4 is 9.47 Å². The number of carbonyl (C=O) groups excluding carboxylic acids is 1. The van der Waals surface area contributed by atoms with Crippen LogP contribution in [0.2, 0.25) is 0 Å². The summed E-state index contributed by atoms with van der Waals surface area (Å²) in [7, 11) is 1.65. The summed E-state index contributed by atoms with van der Waals surface area (Å²) in [5.41, 5.74) is 3.91. The molecule has 0 saturated carbocycles. The lowest BCUT2D eigenvalue weighted by atomic mass is 10.0. The van der Waals surface area contributed by atoms with E-state index in [1.807, 2.05) is 59.5 Å². The molecule has 4 rings (SSSR count). The van der Waals surface area contributed by atoms with Gasteiger partial charge in [-0.3, -0.25) is 9.69 Å². The smallest absolute Gasteiger partial charge is 0.253 e. The van der Waals surface area contributed by atoms with E-state index in [4.69, 9.17) is 9.47 Å². The summed E-state index contributed by atoms with van der Waals surface area (Å²) in [6, 6.07) is 24.0. The first kappa shape index (κ1) is 25.5. The summed E-state index contributed by atoms with van der Waals surface area (Å²) < 4.78 is 11.7. The van der Waals surface area contributed by atoms with E-state index in [-0.39, 0.29) is 5.91 Å². The molecule has 0 aromatic heterocycles. The molecule has 0 unspecified atom stereocenters. The zero-order valence-electron chi connectivity index (χ0n) is 21.5. The van der Waals surface area contributed by atoms with Gasteiger partial charge in [0.15, 0.2) is 0 Å². The first-order valence-corrected chi connectivity index (χ1v) is 12.7. The second-order valence-electron chi connectivity index (χ2n) is 9.41. The molecule has 3 aromatic carbocycles. The Labute approximate surface area is 215 Å². The minimum Gasteiger partial charge on any atom is -0.496 e. The van der Waals surface area contributed by atoms with Crippen LogP contribution in [0.15, 0.2) is 78.9 Å². The summed E-state index contributed by atoms with van der Waals surface area (Å²) in [6.07, 6.45) is 4.35. The molecule has 0 spiro atoms. The van der Waals surface area contributed by atoms with Crippen molar-refractivity contribution in [2.75, 3.05) is 39.8 Å². The van der Waals surface area contributed by atoms with Crippen molar-refractivity contribution in [3.05, 3.63) is 101 Å². The Balaban J connectivity index is 1.36. The lowest BCUT2D eigenvalue weighted by Crippen LogP contribution is -2.48. The van der Waals surface area contributed by atoms with E-state index in [9.17, 15) is 4.79 Å². The molecule has 1 saturated heterocycles. The molecule has 3 aromatic rings. The van der Waals surface area contributed by atoms with E-state index in [1.165, 1.54) is 11.1 Å². The molecule has 188 valence electrons. The minimum absolute atomic E-state index is 0.0564. The Hall–Kier alpha value is -3.57. The number of nitrogens with zero attached hydrogens (tertiary/aromatic N) is 2. The second-order valence-corrected chi connectivity index (χ2v) is 9.41. The zero-order valence-corrected chi connectivity index (χ0v) is 21.5. The highest BCUT2D eigenvalue weighted by atomic mass is 16.5. The summed E-state index contributed by atoms with van der Waals surface area (Å²) >= 11 is 0. The van der Waals surface area contributed by atoms with Crippen molar-refractivity contribution in [1.29, 1.82) is 0 Å². The van der Waals surface area contributed by atoms with Gasteiger partial charge in [-0.2, -0.15) is 0 Å². The third-order valence-corrected chi connectivity index (χ3v) is 6.58. The lowest BCUT2D eigenvalue weighted by molar-refractivity contribution is 0.0650. The molecule has 1 aliphatic rings. The molecule has 0 atom stereocenters. The fourth-order valence-corrected chi connectivity index (χ4v) is 4.49. The van der Waals surface area contributed by atoms with Gasteiger partial charge in [-0.1, -0.05) is 74.5 Å². The number of amides is 1. The Morgan fingerprint density at radius 2 is 1.64 bits per heavy atom. The minimum atomic E-state index is 0.0564. The second kappa shape index (κ2) is 12.4. The predicted molar refractivity (Wildman–Crippen MR) is 146 cm³/mol. The summed E-state index contributed by atoms with van der Waals surface area (Å²) in [5.74, 6) is 2.01. The van der Waals surface area contributed by atoms with Crippen molar-refractivity contribution in [2.24, 2.45) is 0 Å². The van der Waals surface area contributed by atoms with E-state index in [2.05, 4.69) is 49.1 Å². The monoisotopic (exact) mass is 484 g/mol. The summed E-state index contributed by atoms with van der Waals surface area (Å²) in [5, 5.41) is 0. The predicted octanol–water partition coefficient (Wildman–Crippen LogP) is 5.87. The third-order valence-electron chi connectivity index (χ3n) is 6.58. The highest BCUT2D eigenvalue weighted by Crippen LogP contribution is 2.28. The molecule has 1 fully saturated rings. The molecular weight excluding hydrogens is 448 g/mol. The zero-order chi connectivity index (χ0) is 25.3. The van der Waals surface area contributed by atoms with Crippen LogP contribution in [0.1, 0.15) is 46.8 Å². The molecule has 1 heterocycles. The molecule has 0 aliphatic carbocycles. The lowest BCUT2D eigenvalue weighted by Gasteiger charge is -2.34. The molecule has 0 N–H and O–H groups in total. The van der Waals surface area contributed by atoms with Gasteiger partial charge in [0.05, 0.1) is 7.11 Å². The Morgan fingerprint density at radius 3 is 2.36 bits per heavy atom. The van der Waals surface area contributed by atoms with Gasteiger partial charge in [-0.15, -0.1) is 0 Å². The molecule has 1 amide bonds. The van der Waals surface area contributed by atoms with Gasteiger partial charge < -0.3 is 14.4 Å². The van der Waals surface area contributed by atoms with Crippen molar-refractivity contribution >= 4 is 12.0 Å². The maximum Gasteiger partial charge on any atom is 0.253 e. The number of piperazine rings is 1. The highest BCUT2D eigenvalue weighted by molar-refractivity contribution is 5.94. The highest BCUT2D eigenvalue weighted by Gasteiger charge is 2.22. The van der Waals surface area contributed by atoms with Gasteiger partial charge in [-0.25, -0.2) is 0 Å². The summed E-state index contributed by atoms with van der Waals surface area (Å²) in [6.45, 7) is 8.71. The average molecular weight is 485 g/mol. The number of methoxy groups -OCH3 is 1. The number of benzene rings is 3. The standard InChI is InChI=1S/C31H36N2O3/c1-24(2)28-13-7-8-14-30(28)36-23-27-22-26(15-16-29(27)35-3)31(34)33-20-18-32(19-21-33)17-9-12-25-10-5-4-6-11-25/h4-16,22,24H,17-21,23H2,1-3H3/b12-9+. The van der Waals surface area contributed by atoms with Crippen LogP contribution in [0.25, 0.3) is 6.08 Å². The first-order chi connectivity index (χ1) is 17.5. The van der Waals surface area contributed by atoms with E-state index in [0.29, 0.717) is 18.1 Å². The first-order valence-electron chi connectivity index (χ1n) is 12.7. The fraction of sp³-hybridized carbons (Fsp3) is 0.323. The maximum absolute atomic E-state index is 13.3. The Bertz CT molecular complexity index is 1170. The van der Waals surface area contributed by atoms with E-state index in [1.54, 1.807) is 7.11 Å². The van der Waals surface area contributed by atoms with E-state index < -0.39 is 0 Å². The van der Waals surface area contributed by atoms with Crippen molar-refractivity contribution in [3.63, 3.8) is 0 Å². The van der Waals surface area contributed by atoms with Crippen LogP contribution in [-0.2, 0) is 6.61 Å². The van der Waals surface area contributed by atoms with Gasteiger partial charge >= 0.3 is 0 Å². The number of rotatable bonds is 9. The van der Waals surface area contributed by atoms with Gasteiger partial charge in [0, 0.05) is 43.9 Å². The largest absolute Gasteiger partial charge is 0.496 e. The number of ether oxygens (including phenoxy) is 2. The molecule has 36 heavy (non-hydrogen) atoms. The molecule has 0 radical (unpaired) electrons. The maximum atomic E-state index is 13.3. The molecule has 0 bridgehead atoms. The normalized spacial score (nSPS) is 14.4. The molecule has 5 nitrogen and oxygen atoms in total. The Kier molecular flexibility index (Phi) is 8.80. The number of carbonyl (C=O) groups is 1. The van der Waals surface area contributed by atoms with Crippen LogP contribution >= 0.6 is 0 Å². The summed E-state index contributed by atoms with van der Waals surface area (Å²) in [4.78, 5) is 17.6. The van der Waals surface area contributed by atoms with E-state index >= 15 is 0 Å². The van der Waals surface area contributed by atoms with Crippen LogP contribution in [0, 0.1) is 0 Å². The van der Waals surface area contributed by atoms with E-state index in [0.717, 1.165) is 49.8 Å². The topological polar surface area (TPSA) is 42.0 Å². The van der Waals surface area contributed by atoms with Crippen LogP contribution in [0.4, 0.5) is 0 Å². The van der Waals surface area contributed by atoms with Gasteiger partial charge in [0.2, 0.25) is 0 Å². The number of para-hydroxylation sites is 1. The molecular formula is C31H36N2O3. The Morgan fingerprint density at radius 1 is 0.917 bits per heavy atom. The van der Waals surface area contributed by atoms with Crippen molar-refractivity contribution < 1.29 is 14.3 Å².